The number of piperazine rings is 1. The number of hydrogen-bond acceptors (Lipinski definition) is 4. The number of amides is 1. The van der Waals surface area contributed by atoms with E-state index in [1.165, 1.54) is 6.42 Å². The Balaban J connectivity index is 1.31. The molecule has 1 N–H and O–H groups in total. The van der Waals surface area contributed by atoms with Gasteiger partial charge in [-0.15, -0.1) is 0 Å². The minimum Gasteiger partial charge on any atom is -0.461 e. The van der Waals surface area contributed by atoms with Gasteiger partial charge >= 0.3 is 0 Å². The first-order valence-corrected chi connectivity index (χ1v) is 9.08. The number of carbonyl (C=O) groups is 1. The Hall–Kier alpha value is -1.59. The molecule has 5 nitrogen and oxygen atoms in total. The lowest BCUT2D eigenvalue weighted by molar-refractivity contribution is -0.116. The lowest BCUT2D eigenvalue weighted by atomic mass is 10.3. The van der Waals surface area contributed by atoms with Gasteiger partial charge < -0.3 is 19.5 Å². The fourth-order valence-corrected chi connectivity index (χ4v) is 3.18. The molecule has 0 radical (unpaired) electrons. The molecule has 0 spiro atoms. The fraction of sp³-hybridized carbons (Fsp3) is 0.632. The van der Waals surface area contributed by atoms with Crippen LogP contribution >= 0.6 is 0 Å². The van der Waals surface area contributed by atoms with E-state index in [4.69, 9.17) is 4.42 Å². The summed E-state index contributed by atoms with van der Waals surface area (Å²) < 4.78 is 5.76. The monoisotopic (exact) mass is 331 g/mol. The van der Waals surface area contributed by atoms with Crippen molar-refractivity contribution < 1.29 is 9.21 Å². The molecule has 3 rings (SSSR count). The van der Waals surface area contributed by atoms with Gasteiger partial charge in [-0.2, -0.15) is 0 Å². The van der Waals surface area contributed by atoms with Gasteiger partial charge in [0.2, 0.25) is 5.91 Å². The Kier molecular flexibility index (Phi) is 5.74. The zero-order chi connectivity index (χ0) is 16.9. The average Bonchev–Trinajstić information content (AvgIpc) is 3.12. The molecule has 1 saturated heterocycles. The second kappa shape index (κ2) is 7.99. The highest BCUT2D eigenvalue weighted by atomic mass is 16.3. The predicted molar refractivity (Wildman–Crippen MR) is 95.8 cm³/mol. The van der Waals surface area contributed by atoms with E-state index in [2.05, 4.69) is 29.1 Å². The number of nitrogens with one attached hydrogen (secondary N) is 1. The molecule has 1 saturated carbocycles. The summed E-state index contributed by atoms with van der Waals surface area (Å²) >= 11 is 0. The molecule has 2 atom stereocenters. The average molecular weight is 331 g/mol. The molecule has 1 aromatic heterocycles. The molecule has 0 aromatic carbocycles. The summed E-state index contributed by atoms with van der Waals surface area (Å²) in [6, 6.07) is 3.97. The van der Waals surface area contributed by atoms with E-state index in [-0.39, 0.29) is 5.91 Å². The number of carbonyl (C=O) groups excluding carboxylic acids is 1. The molecule has 1 aliphatic heterocycles. The van der Waals surface area contributed by atoms with E-state index in [9.17, 15) is 4.79 Å². The van der Waals surface area contributed by atoms with Gasteiger partial charge in [-0.3, -0.25) is 4.79 Å². The Bertz CT molecular complexity index is 573. The first kappa shape index (κ1) is 17.2. The Morgan fingerprint density at radius 2 is 2.08 bits per heavy atom. The van der Waals surface area contributed by atoms with Crippen LogP contribution in [-0.4, -0.2) is 62.0 Å². The van der Waals surface area contributed by atoms with Crippen molar-refractivity contribution in [2.24, 2.45) is 5.92 Å². The van der Waals surface area contributed by atoms with Gasteiger partial charge in [0.25, 0.3) is 0 Å². The second-order valence-electron chi connectivity index (χ2n) is 7.18. The number of furan rings is 1. The van der Waals surface area contributed by atoms with Gasteiger partial charge in [-0.05, 0) is 50.6 Å². The molecular formula is C19H29N3O2. The molecule has 24 heavy (non-hydrogen) atoms. The maximum Gasteiger partial charge on any atom is 0.244 e. The van der Waals surface area contributed by atoms with Crippen LogP contribution in [0.15, 0.2) is 22.6 Å². The van der Waals surface area contributed by atoms with E-state index in [0.717, 1.165) is 63.1 Å². The van der Waals surface area contributed by atoms with E-state index in [0.29, 0.717) is 5.92 Å². The van der Waals surface area contributed by atoms with E-state index < -0.39 is 0 Å². The highest BCUT2D eigenvalue weighted by molar-refractivity contribution is 5.91. The van der Waals surface area contributed by atoms with Crippen molar-refractivity contribution in [3.05, 3.63) is 29.7 Å². The predicted octanol–water partition coefficient (Wildman–Crippen LogP) is 2.17. The normalized spacial score (nSPS) is 25.2. The van der Waals surface area contributed by atoms with Gasteiger partial charge in [0, 0.05) is 44.7 Å². The first-order chi connectivity index (χ1) is 11.6. The van der Waals surface area contributed by atoms with Gasteiger partial charge in [0.1, 0.15) is 11.5 Å². The van der Waals surface area contributed by atoms with Gasteiger partial charge in [-0.1, -0.05) is 6.92 Å². The molecule has 0 bridgehead atoms. The van der Waals surface area contributed by atoms with Gasteiger partial charge in [0.15, 0.2) is 0 Å². The van der Waals surface area contributed by atoms with Crippen molar-refractivity contribution in [1.29, 1.82) is 0 Å². The quantitative estimate of drug-likeness (QED) is 0.614. The zero-order valence-corrected chi connectivity index (χ0v) is 14.8. The summed E-state index contributed by atoms with van der Waals surface area (Å²) in [5.41, 5.74) is 0. The Morgan fingerprint density at radius 3 is 2.79 bits per heavy atom. The number of hydrogen-bond donors (Lipinski definition) is 1. The number of nitrogens with zero attached hydrogens (tertiary/aromatic N) is 2. The SMILES string of the molecule is CC1CC1c1ccc(/C=C/C(=O)NCCCN2CCN(C)CC2)o1. The molecule has 132 valence electrons. The standard InChI is InChI=1S/C19H29N3O2/c1-15-14-17(15)18-6-4-16(24-18)5-7-19(23)20-8-3-9-22-12-10-21(2)11-13-22/h4-7,15,17H,3,8-14H2,1-2H3,(H,20,23)/b7-5+. The third-order valence-electron chi connectivity index (χ3n) is 5.07. The topological polar surface area (TPSA) is 48.7 Å². The van der Waals surface area contributed by atoms with Crippen molar-refractivity contribution >= 4 is 12.0 Å². The van der Waals surface area contributed by atoms with Gasteiger partial charge in [-0.25, -0.2) is 0 Å². The fourth-order valence-electron chi connectivity index (χ4n) is 3.18. The van der Waals surface area contributed by atoms with Crippen LogP contribution in [0.2, 0.25) is 0 Å². The molecule has 2 aliphatic rings. The maximum absolute atomic E-state index is 11.9. The van der Waals surface area contributed by atoms with Crippen LogP contribution in [0.3, 0.4) is 0 Å². The first-order valence-electron chi connectivity index (χ1n) is 9.08. The molecular weight excluding hydrogens is 302 g/mol. The molecule has 2 fully saturated rings. The molecule has 5 heteroatoms. The van der Waals surface area contributed by atoms with Gasteiger partial charge in [0.05, 0.1) is 0 Å². The van der Waals surface area contributed by atoms with Crippen LogP contribution in [-0.2, 0) is 4.79 Å². The number of rotatable bonds is 7. The van der Waals surface area contributed by atoms with Crippen molar-refractivity contribution in [3.63, 3.8) is 0 Å². The van der Waals surface area contributed by atoms with Crippen molar-refractivity contribution in [2.45, 2.75) is 25.7 Å². The second-order valence-corrected chi connectivity index (χ2v) is 7.18. The molecule has 1 amide bonds. The summed E-state index contributed by atoms with van der Waals surface area (Å²) in [5, 5.41) is 2.95. The van der Waals surface area contributed by atoms with Crippen LogP contribution in [0.1, 0.15) is 37.2 Å². The summed E-state index contributed by atoms with van der Waals surface area (Å²) in [4.78, 5) is 16.7. The highest BCUT2D eigenvalue weighted by Gasteiger charge is 2.36. The largest absolute Gasteiger partial charge is 0.461 e. The number of likely N-dealkylation sites (N-methyl/N-ethyl adjacent to an activating group) is 1. The highest BCUT2D eigenvalue weighted by Crippen LogP contribution is 2.47. The summed E-state index contributed by atoms with van der Waals surface area (Å²) in [5.74, 6) is 3.07. The molecule has 2 heterocycles. The van der Waals surface area contributed by atoms with E-state index in [1.807, 2.05) is 12.1 Å². The third-order valence-corrected chi connectivity index (χ3v) is 5.07. The smallest absolute Gasteiger partial charge is 0.244 e. The van der Waals surface area contributed by atoms with E-state index >= 15 is 0 Å². The third kappa shape index (κ3) is 4.95. The van der Waals surface area contributed by atoms with Crippen LogP contribution in [0, 0.1) is 5.92 Å². The van der Waals surface area contributed by atoms with E-state index in [1.54, 1.807) is 12.2 Å². The Morgan fingerprint density at radius 1 is 1.33 bits per heavy atom. The summed E-state index contributed by atoms with van der Waals surface area (Å²) in [6.45, 7) is 8.55. The Labute approximate surface area is 144 Å². The maximum atomic E-state index is 11.9. The van der Waals surface area contributed by atoms with Crippen molar-refractivity contribution in [3.8, 4) is 0 Å². The van der Waals surface area contributed by atoms with Crippen LogP contribution in [0.5, 0.6) is 0 Å². The molecule has 2 unspecified atom stereocenters. The lowest BCUT2D eigenvalue weighted by Gasteiger charge is -2.32. The minimum absolute atomic E-state index is 0.0499. The van der Waals surface area contributed by atoms with Crippen LogP contribution in [0.25, 0.3) is 6.08 Å². The van der Waals surface area contributed by atoms with Crippen molar-refractivity contribution in [2.75, 3.05) is 46.3 Å². The van der Waals surface area contributed by atoms with Crippen molar-refractivity contribution in [1.82, 2.24) is 15.1 Å². The van der Waals surface area contributed by atoms with Crippen LogP contribution < -0.4 is 5.32 Å². The van der Waals surface area contributed by atoms with Crippen LogP contribution in [0.4, 0.5) is 0 Å². The molecule has 1 aromatic rings. The molecule has 1 aliphatic carbocycles. The summed E-state index contributed by atoms with van der Waals surface area (Å²) in [6.07, 6.45) is 5.53. The summed E-state index contributed by atoms with van der Waals surface area (Å²) in [7, 11) is 2.16. The minimum atomic E-state index is -0.0499. The zero-order valence-electron chi connectivity index (χ0n) is 14.8. The lowest BCUT2D eigenvalue weighted by Crippen LogP contribution is -2.45.